The van der Waals surface area contributed by atoms with Gasteiger partial charge in [0, 0.05) is 5.46 Å². The first-order valence-electron chi connectivity index (χ1n) is 8.76. The van der Waals surface area contributed by atoms with E-state index < -0.39 is 30.0 Å². The third kappa shape index (κ3) is 3.68. The zero-order valence-corrected chi connectivity index (χ0v) is 16.1. The van der Waals surface area contributed by atoms with Crippen LogP contribution in [-0.2, 0) is 9.31 Å². The van der Waals surface area contributed by atoms with Crippen molar-refractivity contribution in [1.82, 2.24) is 0 Å². The van der Waals surface area contributed by atoms with Crippen molar-refractivity contribution in [1.29, 1.82) is 5.26 Å². The number of halogens is 2. The van der Waals surface area contributed by atoms with E-state index in [1.165, 1.54) is 18.2 Å². The predicted octanol–water partition coefficient (Wildman–Crippen LogP) is 3.96. The summed E-state index contributed by atoms with van der Waals surface area (Å²) in [7, 11) is -1.03. The quantitative estimate of drug-likeness (QED) is 0.727. The predicted molar refractivity (Wildman–Crippen MR) is 99.7 cm³/mol. The highest BCUT2D eigenvalue weighted by Crippen LogP contribution is 2.37. The Kier molecular flexibility index (Phi) is 5.33. The summed E-state index contributed by atoms with van der Waals surface area (Å²) in [5.74, 6) is -2.17. The fourth-order valence-corrected chi connectivity index (χ4v) is 2.66. The van der Waals surface area contributed by atoms with Crippen LogP contribution < -0.4 is 14.9 Å². The van der Waals surface area contributed by atoms with Gasteiger partial charge in [0.25, 0.3) is 0 Å². The van der Waals surface area contributed by atoms with Crippen LogP contribution >= 0.6 is 0 Å². The summed E-state index contributed by atoms with van der Waals surface area (Å²) in [4.78, 5) is 0. The fourth-order valence-electron chi connectivity index (χ4n) is 2.66. The van der Waals surface area contributed by atoms with Gasteiger partial charge in [0.2, 0.25) is 5.82 Å². The van der Waals surface area contributed by atoms with Gasteiger partial charge in [-0.25, -0.2) is 4.39 Å². The van der Waals surface area contributed by atoms with E-state index in [9.17, 15) is 8.78 Å². The van der Waals surface area contributed by atoms with Gasteiger partial charge in [-0.2, -0.15) is 9.65 Å². The molecule has 2 aromatic carbocycles. The first-order chi connectivity index (χ1) is 13.2. The van der Waals surface area contributed by atoms with Crippen LogP contribution in [0.4, 0.5) is 8.78 Å². The van der Waals surface area contributed by atoms with Gasteiger partial charge in [-0.1, -0.05) is 18.2 Å². The van der Waals surface area contributed by atoms with Crippen molar-refractivity contribution in [2.45, 2.75) is 38.9 Å². The number of hydrogen-bond acceptors (Lipinski definition) is 5. The highest BCUT2D eigenvalue weighted by Gasteiger charge is 2.52. The zero-order chi connectivity index (χ0) is 20.5. The molecule has 0 saturated carbocycles. The van der Waals surface area contributed by atoms with Crippen molar-refractivity contribution in [3.05, 3.63) is 48.0 Å². The second-order valence-corrected chi connectivity index (χ2v) is 7.36. The first-order valence-corrected chi connectivity index (χ1v) is 8.76. The van der Waals surface area contributed by atoms with Crippen LogP contribution in [0.25, 0.3) is 0 Å². The molecule has 1 aliphatic heterocycles. The van der Waals surface area contributed by atoms with Crippen LogP contribution in [0.5, 0.6) is 17.2 Å². The lowest BCUT2D eigenvalue weighted by Gasteiger charge is -2.32. The minimum Gasteiger partial charge on any atom is -0.475 e. The average molecular weight is 387 g/mol. The molecule has 5 nitrogen and oxygen atoms in total. The summed E-state index contributed by atoms with van der Waals surface area (Å²) in [5.41, 5.74) is -1.39. The van der Waals surface area contributed by atoms with Crippen molar-refractivity contribution in [3.8, 4) is 23.3 Å². The maximum atomic E-state index is 14.7. The first kappa shape index (κ1) is 20.1. The van der Waals surface area contributed by atoms with Crippen LogP contribution in [0.1, 0.15) is 27.7 Å². The van der Waals surface area contributed by atoms with Crippen molar-refractivity contribution in [2.24, 2.45) is 0 Å². The lowest BCUT2D eigenvalue weighted by atomic mass is 9.78. The zero-order valence-electron chi connectivity index (χ0n) is 16.1. The van der Waals surface area contributed by atoms with Crippen molar-refractivity contribution >= 4 is 12.6 Å². The molecular formula is C20H20BF2NO4. The van der Waals surface area contributed by atoms with Gasteiger partial charge >= 0.3 is 7.12 Å². The van der Waals surface area contributed by atoms with Gasteiger partial charge < -0.3 is 18.8 Å². The van der Waals surface area contributed by atoms with Crippen molar-refractivity contribution in [2.75, 3.05) is 6.61 Å². The van der Waals surface area contributed by atoms with E-state index in [4.69, 9.17) is 24.0 Å². The Hall–Kier alpha value is -2.63. The normalized spacial score (nSPS) is 17.2. The third-order valence-electron chi connectivity index (χ3n) is 4.95. The van der Waals surface area contributed by atoms with Crippen LogP contribution in [0.15, 0.2) is 36.4 Å². The van der Waals surface area contributed by atoms with Gasteiger partial charge in [0.15, 0.2) is 29.7 Å². The molecule has 1 aliphatic rings. The molecule has 0 unspecified atom stereocenters. The molecule has 146 valence electrons. The Labute approximate surface area is 162 Å². The third-order valence-corrected chi connectivity index (χ3v) is 4.95. The molecule has 28 heavy (non-hydrogen) atoms. The minimum atomic E-state index is -1.16. The second-order valence-electron chi connectivity index (χ2n) is 7.36. The van der Waals surface area contributed by atoms with Gasteiger partial charge in [-0.05, 0) is 45.9 Å². The van der Waals surface area contributed by atoms with E-state index in [2.05, 4.69) is 0 Å². The highest BCUT2D eigenvalue weighted by atomic mass is 19.2. The Morgan fingerprint density at radius 2 is 1.54 bits per heavy atom. The Morgan fingerprint density at radius 3 is 2.14 bits per heavy atom. The summed E-state index contributed by atoms with van der Waals surface area (Å²) in [5, 5.41) is 8.65. The molecule has 8 heteroatoms. The van der Waals surface area contributed by atoms with E-state index >= 15 is 0 Å². The molecule has 1 saturated heterocycles. The van der Waals surface area contributed by atoms with E-state index in [0.717, 1.165) is 0 Å². The second kappa shape index (κ2) is 7.42. The average Bonchev–Trinajstić information content (AvgIpc) is 2.85. The Bertz CT molecular complexity index is 911. The van der Waals surface area contributed by atoms with E-state index in [1.54, 1.807) is 18.2 Å². The van der Waals surface area contributed by atoms with Crippen molar-refractivity contribution < 1.29 is 27.6 Å². The number of para-hydroxylation sites is 2. The number of nitrogens with zero attached hydrogens (tertiary/aromatic N) is 1. The maximum Gasteiger partial charge on any atom is 0.497 e. The lowest BCUT2D eigenvalue weighted by molar-refractivity contribution is 0.00578. The monoisotopic (exact) mass is 387 g/mol. The summed E-state index contributed by atoms with van der Waals surface area (Å²) >= 11 is 0. The Balaban J connectivity index is 1.87. The fraction of sp³-hybridized carbons (Fsp3) is 0.350. The molecule has 0 N–H and O–H groups in total. The summed E-state index contributed by atoms with van der Waals surface area (Å²) in [6.07, 6.45) is 0. The number of rotatable bonds is 5. The molecule has 3 rings (SSSR count). The molecular weight excluding hydrogens is 367 g/mol. The molecule has 0 aromatic heterocycles. The van der Waals surface area contributed by atoms with Gasteiger partial charge in [-0.3, -0.25) is 0 Å². The highest BCUT2D eigenvalue weighted by molar-refractivity contribution is 6.62. The van der Waals surface area contributed by atoms with Gasteiger partial charge in [0.1, 0.15) is 6.07 Å². The molecule has 0 bridgehead atoms. The summed E-state index contributed by atoms with van der Waals surface area (Å²) in [6.45, 7) is 7.12. The maximum absolute atomic E-state index is 14.7. The van der Waals surface area contributed by atoms with Gasteiger partial charge in [-0.15, -0.1) is 0 Å². The molecule has 2 aromatic rings. The number of benzene rings is 2. The van der Waals surface area contributed by atoms with Crippen LogP contribution in [0.3, 0.4) is 0 Å². The number of hydrogen-bond donors (Lipinski definition) is 0. The topological polar surface area (TPSA) is 60.7 Å². The molecule has 0 spiro atoms. The standard InChI is InChI=1S/C20H20BF2NO4/c1-19(2)20(3,4)28-21(27-19)13-9-10-16(18(23)17(13)22)26-15-8-6-5-7-14(15)25-12-11-24/h5-10H,12H2,1-4H3. The summed E-state index contributed by atoms with van der Waals surface area (Å²) < 4.78 is 51.7. The Morgan fingerprint density at radius 1 is 0.929 bits per heavy atom. The molecule has 0 aliphatic carbocycles. The molecule has 1 heterocycles. The van der Waals surface area contributed by atoms with Crippen LogP contribution in [0, 0.1) is 23.0 Å². The van der Waals surface area contributed by atoms with E-state index in [1.807, 2.05) is 33.8 Å². The van der Waals surface area contributed by atoms with Crippen LogP contribution in [0.2, 0.25) is 0 Å². The van der Waals surface area contributed by atoms with Crippen molar-refractivity contribution in [3.63, 3.8) is 0 Å². The smallest absolute Gasteiger partial charge is 0.475 e. The minimum absolute atomic E-state index is 0.0440. The molecule has 0 atom stereocenters. The molecule has 1 fully saturated rings. The molecule has 0 amide bonds. The number of nitriles is 1. The SMILES string of the molecule is CC1(C)OB(c2ccc(Oc3ccccc3OCC#N)c(F)c2F)OC1(C)C. The summed E-state index contributed by atoms with van der Waals surface area (Å²) in [6, 6.07) is 11.0. The number of ether oxygens (including phenoxy) is 2. The van der Waals surface area contributed by atoms with E-state index in [-0.39, 0.29) is 29.3 Å². The van der Waals surface area contributed by atoms with E-state index in [0.29, 0.717) is 0 Å². The largest absolute Gasteiger partial charge is 0.497 e. The van der Waals surface area contributed by atoms with Crippen LogP contribution in [-0.4, -0.2) is 24.9 Å². The van der Waals surface area contributed by atoms with Gasteiger partial charge in [0.05, 0.1) is 11.2 Å². The molecule has 0 radical (unpaired) electrons. The lowest BCUT2D eigenvalue weighted by Crippen LogP contribution is -2.41.